The lowest BCUT2D eigenvalue weighted by molar-refractivity contribution is 1.07. The second-order valence-electron chi connectivity index (χ2n) is 14.5. The number of para-hydroxylation sites is 2. The maximum Gasteiger partial charge on any atom is 0.164 e. The molecule has 0 bridgehead atoms. The molecule has 0 saturated heterocycles. The molecule has 11 aromatic rings. The van der Waals surface area contributed by atoms with Crippen molar-refractivity contribution in [2.75, 3.05) is 0 Å². The third kappa shape index (κ3) is 6.20. The summed E-state index contributed by atoms with van der Waals surface area (Å²) in [4.78, 5) is 25.9. The van der Waals surface area contributed by atoms with Gasteiger partial charge in [0.2, 0.25) is 0 Å². The van der Waals surface area contributed by atoms with Gasteiger partial charge in [0, 0.05) is 44.0 Å². The molecule has 0 saturated carbocycles. The highest BCUT2D eigenvalue weighted by atomic mass is 15.0. The van der Waals surface area contributed by atoms with Crippen molar-refractivity contribution in [3.63, 3.8) is 0 Å². The third-order valence-electron chi connectivity index (χ3n) is 10.9. The summed E-state index contributed by atoms with van der Waals surface area (Å²) in [7, 11) is 0. The summed E-state index contributed by atoms with van der Waals surface area (Å²) in [6.07, 6.45) is 0. The molecular weight excluding hydrogens is 721 g/mol. The Morgan fingerprint density at radius 1 is 0.288 bits per heavy atom. The zero-order valence-corrected chi connectivity index (χ0v) is 31.8. The predicted octanol–water partition coefficient (Wildman–Crippen LogP) is 12.9. The van der Waals surface area contributed by atoms with E-state index in [1.807, 2.05) is 78.9 Å². The van der Waals surface area contributed by atoms with Gasteiger partial charge >= 0.3 is 0 Å². The zero-order valence-electron chi connectivity index (χ0n) is 31.8. The van der Waals surface area contributed by atoms with Crippen LogP contribution in [-0.2, 0) is 0 Å². The fourth-order valence-electron chi connectivity index (χ4n) is 8.04. The Labute approximate surface area is 340 Å². The fraction of sp³-hybridized carbons (Fsp3) is 0. The minimum absolute atomic E-state index is 0.558. The second kappa shape index (κ2) is 14.4. The van der Waals surface area contributed by atoms with Gasteiger partial charge in [0.25, 0.3) is 0 Å². The number of fused-ring (bicyclic) bond motifs is 4. The van der Waals surface area contributed by atoms with Crippen molar-refractivity contribution in [1.29, 1.82) is 0 Å². The van der Waals surface area contributed by atoms with Crippen LogP contribution in [0.25, 0.3) is 106 Å². The Balaban J connectivity index is 1.21. The summed E-state index contributed by atoms with van der Waals surface area (Å²) in [5.41, 5.74) is 11.7. The van der Waals surface area contributed by atoms with E-state index in [1.165, 1.54) is 5.39 Å². The van der Waals surface area contributed by atoms with Crippen LogP contribution in [0.1, 0.15) is 0 Å². The largest absolute Gasteiger partial charge is 0.308 e. The van der Waals surface area contributed by atoms with Crippen LogP contribution < -0.4 is 0 Å². The first-order chi connectivity index (χ1) is 29.2. The van der Waals surface area contributed by atoms with E-state index in [0.29, 0.717) is 23.3 Å². The van der Waals surface area contributed by atoms with Crippen molar-refractivity contribution in [1.82, 2.24) is 29.5 Å². The molecule has 0 spiro atoms. The summed E-state index contributed by atoms with van der Waals surface area (Å²) in [6.45, 7) is 0. The molecule has 0 aliphatic carbocycles. The molecule has 276 valence electrons. The summed E-state index contributed by atoms with van der Waals surface area (Å²) in [6, 6.07) is 71.0. The molecule has 3 heterocycles. The van der Waals surface area contributed by atoms with E-state index in [4.69, 9.17) is 24.9 Å². The van der Waals surface area contributed by atoms with Crippen LogP contribution in [0.3, 0.4) is 0 Å². The maximum atomic E-state index is 5.42. The van der Waals surface area contributed by atoms with E-state index >= 15 is 0 Å². The molecule has 6 nitrogen and oxygen atoms in total. The Morgan fingerprint density at radius 3 is 1.46 bits per heavy atom. The third-order valence-corrected chi connectivity index (χ3v) is 10.9. The molecule has 11 rings (SSSR count). The van der Waals surface area contributed by atoms with Crippen molar-refractivity contribution in [3.8, 4) is 73.6 Å². The van der Waals surface area contributed by atoms with Gasteiger partial charge in [-0.15, -0.1) is 0 Å². The average molecular weight is 755 g/mol. The number of hydrogen-bond acceptors (Lipinski definition) is 5. The van der Waals surface area contributed by atoms with Gasteiger partial charge in [0.1, 0.15) is 0 Å². The minimum Gasteiger partial charge on any atom is -0.308 e. The molecule has 59 heavy (non-hydrogen) atoms. The number of aromatic nitrogens is 6. The van der Waals surface area contributed by atoms with Crippen molar-refractivity contribution in [2.45, 2.75) is 0 Å². The minimum atomic E-state index is 0.558. The Bertz CT molecular complexity index is 3250. The van der Waals surface area contributed by atoms with Crippen molar-refractivity contribution < 1.29 is 0 Å². The zero-order chi connectivity index (χ0) is 39.1. The van der Waals surface area contributed by atoms with Crippen LogP contribution in [0.2, 0.25) is 0 Å². The smallest absolute Gasteiger partial charge is 0.164 e. The van der Waals surface area contributed by atoms with Crippen molar-refractivity contribution in [3.05, 3.63) is 206 Å². The first-order valence-electron chi connectivity index (χ1n) is 19.7. The average Bonchev–Trinajstić information content (AvgIpc) is 3.65. The number of rotatable bonds is 7. The standard InChI is InChI=1S/C53H34N6/c1-5-17-35(18-6-1)39-29-31-42-41-25-14-16-28-46(41)59(48(42)34-39)47-32-30-40(52-57-50(37-21-9-3-10-22-37)56-51(58-52)38-23-11-4-12-24-38)33-44(47)53-54-45-27-15-13-26-43(45)49(55-53)36-19-7-2-8-20-36/h1-34H. The lowest BCUT2D eigenvalue weighted by atomic mass is 10.0. The van der Waals surface area contributed by atoms with E-state index < -0.39 is 0 Å². The topological polar surface area (TPSA) is 69.4 Å². The van der Waals surface area contributed by atoms with Gasteiger partial charge in [-0.2, -0.15) is 0 Å². The van der Waals surface area contributed by atoms with E-state index in [0.717, 1.165) is 77.6 Å². The molecule has 0 N–H and O–H groups in total. The van der Waals surface area contributed by atoms with Gasteiger partial charge in [-0.3, -0.25) is 0 Å². The molecule has 8 aromatic carbocycles. The van der Waals surface area contributed by atoms with Gasteiger partial charge in [-0.05, 0) is 47.5 Å². The SMILES string of the molecule is c1ccc(-c2ccc3c4ccccc4n(-c4ccc(-c5nc(-c6ccccc6)nc(-c6ccccc6)n5)cc4-c4nc(-c5ccccc5)c5ccccc5n4)c3c2)cc1. The van der Waals surface area contributed by atoms with Gasteiger partial charge < -0.3 is 4.57 Å². The predicted molar refractivity (Wildman–Crippen MR) is 240 cm³/mol. The second-order valence-corrected chi connectivity index (χ2v) is 14.5. The van der Waals surface area contributed by atoms with Crippen LogP contribution in [0.15, 0.2) is 206 Å². The van der Waals surface area contributed by atoms with E-state index in [2.05, 4.69) is 132 Å². The van der Waals surface area contributed by atoms with Crippen LogP contribution >= 0.6 is 0 Å². The normalized spacial score (nSPS) is 11.4. The molecule has 3 aromatic heterocycles. The number of nitrogens with zero attached hydrogens (tertiary/aromatic N) is 6. The summed E-state index contributed by atoms with van der Waals surface area (Å²) < 4.78 is 2.36. The van der Waals surface area contributed by atoms with E-state index in [9.17, 15) is 0 Å². The molecule has 0 amide bonds. The highest BCUT2D eigenvalue weighted by Gasteiger charge is 2.22. The summed E-state index contributed by atoms with van der Waals surface area (Å²) in [5, 5.41) is 3.32. The molecule has 0 aliphatic rings. The van der Waals surface area contributed by atoms with Crippen LogP contribution in [0.5, 0.6) is 0 Å². The first kappa shape index (κ1) is 34.2. The van der Waals surface area contributed by atoms with Gasteiger partial charge in [0.15, 0.2) is 23.3 Å². The molecule has 0 radical (unpaired) electrons. The fourth-order valence-corrected chi connectivity index (χ4v) is 8.04. The van der Waals surface area contributed by atoms with Crippen LogP contribution in [-0.4, -0.2) is 29.5 Å². The highest BCUT2D eigenvalue weighted by Crippen LogP contribution is 2.40. The lowest BCUT2D eigenvalue weighted by Gasteiger charge is -2.17. The summed E-state index contributed by atoms with van der Waals surface area (Å²) >= 11 is 0. The highest BCUT2D eigenvalue weighted by molar-refractivity contribution is 6.11. The number of benzene rings is 8. The van der Waals surface area contributed by atoms with Crippen molar-refractivity contribution in [2.24, 2.45) is 0 Å². The quantitative estimate of drug-likeness (QED) is 0.162. The van der Waals surface area contributed by atoms with Gasteiger partial charge in [-0.25, -0.2) is 24.9 Å². The Kier molecular flexibility index (Phi) is 8.37. The van der Waals surface area contributed by atoms with Crippen molar-refractivity contribution >= 4 is 32.7 Å². The molecule has 6 heteroatoms. The van der Waals surface area contributed by atoms with E-state index in [-0.39, 0.29) is 0 Å². The molecule has 0 atom stereocenters. The lowest BCUT2D eigenvalue weighted by Crippen LogP contribution is -2.03. The van der Waals surface area contributed by atoms with Crippen LogP contribution in [0.4, 0.5) is 0 Å². The van der Waals surface area contributed by atoms with Gasteiger partial charge in [-0.1, -0.05) is 170 Å². The Hall–Kier alpha value is -8.09. The Morgan fingerprint density at radius 2 is 0.797 bits per heavy atom. The molecule has 0 aliphatic heterocycles. The molecule has 0 unspecified atom stereocenters. The number of hydrogen-bond donors (Lipinski definition) is 0. The van der Waals surface area contributed by atoms with E-state index in [1.54, 1.807) is 0 Å². The first-order valence-corrected chi connectivity index (χ1v) is 19.7. The maximum absolute atomic E-state index is 5.42. The molecule has 0 fully saturated rings. The van der Waals surface area contributed by atoms with Gasteiger partial charge in [0.05, 0.1) is 27.9 Å². The van der Waals surface area contributed by atoms with Crippen LogP contribution in [0, 0.1) is 0 Å². The summed E-state index contributed by atoms with van der Waals surface area (Å²) in [5.74, 6) is 2.36. The monoisotopic (exact) mass is 754 g/mol. The molecular formula is C53H34N6.